The fraction of sp³-hybridized carbons (Fsp3) is 0.211. The standard InChI is InChI=1S/C19H18FNOS/c1-5-22-13(4)17-10-21-19(23-17)15-8-12(3)18-14(9-15)6-11(2)7-16(18)20/h6-10H,4-5H2,1-3H3. The van der Waals surface area contributed by atoms with E-state index in [1.807, 2.05) is 39.0 Å². The maximum atomic E-state index is 14.2. The molecule has 0 N–H and O–H groups in total. The molecule has 0 aliphatic heterocycles. The summed E-state index contributed by atoms with van der Waals surface area (Å²) in [7, 11) is 0. The molecule has 0 spiro atoms. The number of thiazole rings is 1. The van der Waals surface area contributed by atoms with Crippen molar-refractivity contribution in [1.29, 1.82) is 0 Å². The highest BCUT2D eigenvalue weighted by Gasteiger charge is 2.12. The SMILES string of the molecule is C=C(OCC)c1cnc(-c2cc(C)c3c(F)cc(C)cc3c2)s1. The molecule has 0 aliphatic rings. The van der Waals surface area contributed by atoms with Crippen LogP contribution in [0.3, 0.4) is 0 Å². The molecule has 23 heavy (non-hydrogen) atoms. The molecule has 0 bridgehead atoms. The topological polar surface area (TPSA) is 22.1 Å². The Labute approximate surface area is 139 Å². The first-order valence-corrected chi connectivity index (χ1v) is 8.30. The lowest BCUT2D eigenvalue weighted by Crippen LogP contribution is -1.88. The minimum Gasteiger partial charge on any atom is -0.493 e. The molecule has 2 aromatic carbocycles. The zero-order chi connectivity index (χ0) is 16.6. The van der Waals surface area contributed by atoms with Gasteiger partial charge < -0.3 is 4.74 Å². The van der Waals surface area contributed by atoms with Crippen LogP contribution in [-0.4, -0.2) is 11.6 Å². The van der Waals surface area contributed by atoms with Crippen molar-refractivity contribution in [2.75, 3.05) is 6.61 Å². The molecule has 0 amide bonds. The average molecular weight is 327 g/mol. The van der Waals surface area contributed by atoms with Crippen molar-refractivity contribution in [2.45, 2.75) is 20.8 Å². The molecule has 118 valence electrons. The van der Waals surface area contributed by atoms with Gasteiger partial charge in [-0.05, 0) is 55.5 Å². The van der Waals surface area contributed by atoms with Crippen LogP contribution in [0.1, 0.15) is 22.9 Å². The quantitative estimate of drug-likeness (QED) is 0.571. The average Bonchev–Trinajstić information content (AvgIpc) is 2.96. The summed E-state index contributed by atoms with van der Waals surface area (Å²) in [6, 6.07) is 7.54. The van der Waals surface area contributed by atoms with Crippen molar-refractivity contribution < 1.29 is 9.13 Å². The Hall–Kier alpha value is -2.20. The third-order valence-corrected chi connectivity index (χ3v) is 4.78. The zero-order valence-corrected chi connectivity index (χ0v) is 14.3. The summed E-state index contributed by atoms with van der Waals surface area (Å²) in [5, 5.41) is 2.46. The van der Waals surface area contributed by atoms with Gasteiger partial charge in [0.15, 0.2) is 0 Å². The highest BCUT2D eigenvalue weighted by molar-refractivity contribution is 7.16. The number of benzene rings is 2. The van der Waals surface area contributed by atoms with E-state index in [1.165, 1.54) is 11.3 Å². The fourth-order valence-corrected chi connectivity index (χ4v) is 3.55. The second-order valence-electron chi connectivity index (χ2n) is 5.52. The fourth-order valence-electron chi connectivity index (χ4n) is 2.72. The minimum atomic E-state index is -0.173. The predicted molar refractivity (Wildman–Crippen MR) is 95.1 cm³/mol. The van der Waals surface area contributed by atoms with Gasteiger partial charge in [-0.3, -0.25) is 0 Å². The molecule has 1 aromatic heterocycles. The first-order chi connectivity index (χ1) is 11.0. The molecule has 0 aliphatic carbocycles. The van der Waals surface area contributed by atoms with Gasteiger partial charge >= 0.3 is 0 Å². The van der Waals surface area contributed by atoms with Gasteiger partial charge in [0, 0.05) is 17.1 Å². The van der Waals surface area contributed by atoms with Crippen LogP contribution >= 0.6 is 11.3 Å². The molecule has 0 saturated carbocycles. The van der Waals surface area contributed by atoms with E-state index in [0.29, 0.717) is 17.8 Å². The van der Waals surface area contributed by atoms with Gasteiger partial charge in [0.25, 0.3) is 0 Å². The minimum absolute atomic E-state index is 0.173. The number of aromatic nitrogens is 1. The predicted octanol–water partition coefficient (Wildman–Crippen LogP) is 5.73. The second-order valence-corrected chi connectivity index (χ2v) is 6.55. The number of fused-ring (bicyclic) bond motifs is 1. The number of hydrogen-bond donors (Lipinski definition) is 0. The second kappa shape index (κ2) is 6.13. The van der Waals surface area contributed by atoms with Gasteiger partial charge in [-0.25, -0.2) is 9.37 Å². The number of nitrogens with zero attached hydrogens (tertiary/aromatic N) is 1. The summed E-state index contributed by atoms with van der Waals surface area (Å²) in [5.74, 6) is 0.462. The monoisotopic (exact) mass is 327 g/mol. The molecule has 0 unspecified atom stereocenters. The summed E-state index contributed by atoms with van der Waals surface area (Å²) in [4.78, 5) is 5.38. The number of rotatable bonds is 4. The van der Waals surface area contributed by atoms with Crippen LogP contribution in [0, 0.1) is 19.7 Å². The largest absolute Gasteiger partial charge is 0.493 e. The van der Waals surface area contributed by atoms with Crippen molar-refractivity contribution in [3.8, 4) is 10.6 Å². The molecule has 3 aromatic rings. The zero-order valence-electron chi connectivity index (χ0n) is 13.4. The summed E-state index contributed by atoms with van der Waals surface area (Å²) in [5.41, 5.74) is 2.81. The molecule has 0 radical (unpaired) electrons. The first kappa shape index (κ1) is 15.7. The maximum absolute atomic E-state index is 14.2. The van der Waals surface area contributed by atoms with Gasteiger partial charge in [-0.2, -0.15) is 0 Å². The number of hydrogen-bond acceptors (Lipinski definition) is 3. The highest BCUT2D eigenvalue weighted by atomic mass is 32.1. The lowest BCUT2D eigenvalue weighted by atomic mass is 9.99. The number of aryl methyl sites for hydroxylation is 2. The van der Waals surface area contributed by atoms with Crippen molar-refractivity contribution >= 4 is 27.9 Å². The smallest absolute Gasteiger partial charge is 0.131 e. The molecular weight excluding hydrogens is 309 g/mol. The molecule has 1 heterocycles. The molecule has 3 rings (SSSR count). The van der Waals surface area contributed by atoms with E-state index >= 15 is 0 Å². The Bertz CT molecular complexity index is 898. The van der Waals surface area contributed by atoms with E-state index in [-0.39, 0.29) is 5.82 Å². The van der Waals surface area contributed by atoms with Crippen LogP contribution in [0.5, 0.6) is 0 Å². The van der Waals surface area contributed by atoms with Gasteiger partial charge in [-0.1, -0.05) is 12.6 Å². The van der Waals surface area contributed by atoms with Crippen LogP contribution in [0.2, 0.25) is 0 Å². The number of halogens is 1. The van der Waals surface area contributed by atoms with E-state index in [9.17, 15) is 4.39 Å². The Kier molecular flexibility index (Phi) is 4.18. The molecule has 4 heteroatoms. The third kappa shape index (κ3) is 2.99. The molecule has 0 atom stereocenters. The van der Waals surface area contributed by atoms with Crippen LogP contribution in [0.25, 0.3) is 27.1 Å². The Morgan fingerprint density at radius 2 is 2.04 bits per heavy atom. The first-order valence-electron chi connectivity index (χ1n) is 7.48. The van der Waals surface area contributed by atoms with E-state index in [2.05, 4.69) is 11.6 Å². The van der Waals surface area contributed by atoms with Gasteiger partial charge in [-0.15, -0.1) is 11.3 Å². The van der Waals surface area contributed by atoms with Crippen LogP contribution < -0.4 is 0 Å². The Morgan fingerprint density at radius 3 is 2.78 bits per heavy atom. The van der Waals surface area contributed by atoms with Crippen molar-refractivity contribution in [3.05, 3.63) is 58.9 Å². The lowest BCUT2D eigenvalue weighted by molar-refractivity contribution is 0.300. The van der Waals surface area contributed by atoms with E-state index in [0.717, 1.165) is 32.0 Å². The lowest BCUT2D eigenvalue weighted by Gasteiger charge is -2.08. The molecular formula is C19H18FNOS. The van der Waals surface area contributed by atoms with Crippen LogP contribution in [0.4, 0.5) is 4.39 Å². The summed E-state index contributed by atoms with van der Waals surface area (Å²) < 4.78 is 19.6. The summed E-state index contributed by atoms with van der Waals surface area (Å²) in [6.45, 7) is 10.3. The van der Waals surface area contributed by atoms with Gasteiger partial charge in [0.1, 0.15) is 16.6 Å². The highest BCUT2D eigenvalue weighted by Crippen LogP contribution is 2.33. The normalized spacial score (nSPS) is 11.0. The Morgan fingerprint density at radius 1 is 1.26 bits per heavy atom. The summed E-state index contributed by atoms with van der Waals surface area (Å²) >= 11 is 1.53. The van der Waals surface area contributed by atoms with Crippen LogP contribution in [-0.2, 0) is 4.74 Å². The molecule has 0 saturated heterocycles. The van der Waals surface area contributed by atoms with E-state index in [4.69, 9.17) is 4.74 Å². The molecule has 0 fully saturated rings. The molecule has 2 nitrogen and oxygen atoms in total. The third-order valence-electron chi connectivity index (χ3n) is 3.69. The van der Waals surface area contributed by atoms with Gasteiger partial charge in [0.2, 0.25) is 0 Å². The van der Waals surface area contributed by atoms with Crippen molar-refractivity contribution in [3.63, 3.8) is 0 Å². The van der Waals surface area contributed by atoms with Gasteiger partial charge in [0.05, 0.1) is 11.5 Å². The number of ether oxygens (including phenoxy) is 1. The van der Waals surface area contributed by atoms with Crippen molar-refractivity contribution in [1.82, 2.24) is 4.98 Å². The van der Waals surface area contributed by atoms with Crippen molar-refractivity contribution in [2.24, 2.45) is 0 Å². The van der Waals surface area contributed by atoms with E-state index < -0.39 is 0 Å². The Balaban J connectivity index is 2.09. The summed E-state index contributed by atoms with van der Waals surface area (Å²) in [6.07, 6.45) is 1.77. The van der Waals surface area contributed by atoms with Crippen LogP contribution in [0.15, 0.2) is 37.0 Å². The van der Waals surface area contributed by atoms with E-state index in [1.54, 1.807) is 12.3 Å². The maximum Gasteiger partial charge on any atom is 0.131 e.